The summed E-state index contributed by atoms with van der Waals surface area (Å²) < 4.78 is 2.55. The Labute approximate surface area is 121 Å². The first kappa shape index (κ1) is 12.7. The maximum Gasteiger partial charge on any atom is 0.195 e. The second-order valence-corrected chi connectivity index (χ2v) is 4.87. The van der Waals surface area contributed by atoms with Gasteiger partial charge in [0.15, 0.2) is 10.6 Å². The van der Waals surface area contributed by atoms with E-state index < -0.39 is 0 Å². The van der Waals surface area contributed by atoms with E-state index in [4.69, 9.17) is 12.2 Å². The summed E-state index contributed by atoms with van der Waals surface area (Å²) in [6, 6.07) is 7.86. The summed E-state index contributed by atoms with van der Waals surface area (Å²) in [6.07, 6.45) is 5.34. The molecule has 0 amide bonds. The molecule has 3 rings (SSSR count). The van der Waals surface area contributed by atoms with E-state index in [1.807, 2.05) is 42.0 Å². The van der Waals surface area contributed by atoms with Gasteiger partial charge in [-0.3, -0.25) is 19.6 Å². The van der Waals surface area contributed by atoms with E-state index in [-0.39, 0.29) is 0 Å². The first-order chi connectivity index (χ1) is 9.74. The Hall–Kier alpha value is -2.34. The molecule has 0 atom stereocenters. The number of hydrogen-bond donors (Lipinski definition) is 1. The van der Waals surface area contributed by atoms with Crippen LogP contribution in [0.25, 0.3) is 11.4 Å². The number of nitrogens with one attached hydrogen (secondary N) is 1. The summed E-state index contributed by atoms with van der Waals surface area (Å²) in [7, 11) is 0. The predicted octanol–water partition coefficient (Wildman–Crippen LogP) is 2.75. The molecule has 1 N–H and O–H groups in total. The lowest BCUT2D eigenvalue weighted by molar-refractivity contribution is 0.785. The van der Waals surface area contributed by atoms with Crippen molar-refractivity contribution in [3.63, 3.8) is 0 Å². The van der Waals surface area contributed by atoms with Crippen molar-refractivity contribution in [1.82, 2.24) is 24.7 Å². The Morgan fingerprint density at radius 2 is 2.00 bits per heavy atom. The second kappa shape index (κ2) is 5.34. The lowest BCUT2D eigenvalue weighted by Gasteiger charge is -2.07. The predicted molar refractivity (Wildman–Crippen MR) is 78.7 cm³/mol. The monoisotopic (exact) mass is 283 g/mol. The lowest BCUT2D eigenvalue weighted by Crippen LogP contribution is -2.03. The highest BCUT2D eigenvalue weighted by Gasteiger charge is 2.09. The fraction of sp³-hybridized carbons (Fsp3) is 0.143. The average Bonchev–Trinajstić information content (AvgIpc) is 2.84. The van der Waals surface area contributed by atoms with E-state index in [0.29, 0.717) is 11.3 Å². The Bertz CT molecular complexity index is 758. The Kier molecular flexibility index (Phi) is 3.39. The van der Waals surface area contributed by atoms with Crippen LogP contribution in [0.3, 0.4) is 0 Å². The lowest BCUT2D eigenvalue weighted by atomic mass is 10.2. The second-order valence-electron chi connectivity index (χ2n) is 4.48. The highest BCUT2D eigenvalue weighted by atomic mass is 32.1. The molecule has 20 heavy (non-hydrogen) atoms. The van der Waals surface area contributed by atoms with Gasteiger partial charge in [0.1, 0.15) is 0 Å². The first-order valence-corrected chi connectivity index (χ1v) is 6.62. The third-order valence-corrected chi connectivity index (χ3v) is 3.32. The molecule has 0 radical (unpaired) electrons. The summed E-state index contributed by atoms with van der Waals surface area (Å²) in [4.78, 5) is 8.32. The van der Waals surface area contributed by atoms with Gasteiger partial charge < -0.3 is 0 Å². The molecule has 0 unspecified atom stereocenters. The van der Waals surface area contributed by atoms with Crippen LogP contribution in [0, 0.1) is 11.7 Å². The van der Waals surface area contributed by atoms with Crippen molar-refractivity contribution in [2.75, 3.05) is 0 Å². The molecule has 0 aliphatic heterocycles. The SMILES string of the molecule is Cc1ccc(Cn2c(-c3ccncc3)n[nH]c2=S)cn1. The molecule has 0 aliphatic carbocycles. The van der Waals surface area contributed by atoms with Crippen molar-refractivity contribution < 1.29 is 0 Å². The van der Waals surface area contributed by atoms with Crippen LogP contribution in [0.1, 0.15) is 11.3 Å². The quantitative estimate of drug-likeness (QED) is 0.751. The third-order valence-electron chi connectivity index (χ3n) is 3.01. The number of aromatic amines is 1. The number of nitrogens with zero attached hydrogens (tertiary/aromatic N) is 4. The smallest absolute Gasteiger partial charge is 0.195 e. The summed E-state index contributed by atoms with van der Waals surface area (Å²) >= 11 is 5.31. The molecule has 3 aromatic heterocycles. The highest BCUT2D eigenvalue weighted by Crippen LogP contribution is 2.17. The summed E-state index contributed by atoms with van der Waals surface area (Å²) in [5, 5.41) is 7.14. The van der Waals surface area contributed by atoms with Crippen molar-refractivity contribution in [3.8, 4) is 11.4 Å². The number of aryl methyl sites for hydroxylation is 1. The van der Waals surface area contributed by atoms with Crippen LogP contribution >= 0.6 is 12.2 Å². The fourth-order valence-corrected chi connectivity index (χ4v) is 2.16. The van der Waals surface area contributed by atoms with Crippen molar-refractivity contribution >= 4 is 12.2 Å². The van der Waals surface area contributed by atoms with Gasteiger partial charge in [0.25, 0.3) is 0 Å². The molecule has 0 fully saturated rings. The van der Waals surface area contributed by atoms with Crippen LogP contribution in [-0.2, 0) is 6.54 Å². The van der Waals surface area contributed by atoms with E-state index >= 15 is 0 Å². The van der Waals surface area contributed by atoms with Gasteiger partial charge in [0.2, 0.25) is 0 Å². The molecule has 0 aliphatic rings. The van der Waals surface area contributed by atoms with E-state index in [0.717, 1.165) is 22.6 Å². The summed E-state index contributed by atoms with van der Waals surface area (Å²) in [5.74, 6) is 0.804. The molecule has 0 saturated heterocycles. The Balaban J connectivity index is 2.00. The molecule has 6 heteroatoms. The third kappa shape index (κ3) is 2.50. The molecule has 0 spiro atoms. The van der Waals surface area contributed by atoms with Crippen LogP contribution in [-0.4, -0.2) is 24.7 Å². The Morgan fingerprint density at radius 3 is 2.70 bits per heavy atom. The maximum atomic E-state index is 5.31. The van der Waals surface area contributed by atoms with E-state index in [1.165, 1.54) is 0 Å². The maximum absolute atomic E-state index is 5.31. The van der Waals surface area contributed by atoms with Gasteiger partial charge in [-0.05, 0) is 42.9 Å². The minimum atomic E-state index is 0.595. The molecule has 0 saturated carbocycles. The molecule has 0 aromatic carbocycles. The molecular formula is C14H13N5S. The van der Waals surface area contributed by atoms with E-state index in [1.54, 1.807) is 12.4 Å². The molecule has 3 aromatic rings. The summed E-state index contributed by atoms with van der Waals surface area (Å²) in [6.45, 7) is 2.61. The minimum Gasteiger partial charge on any atom is -0.296 e. The minimum absolute atomic E-state index is 0.595. The van der Waals surface area contributed by atoms with Crippen LogP contribution < -0.4 is 0 Å². The van der Waals surface area contributed by atoms with Gasteiger partial charge >= 0.3 is 0 Å². The molecule has 3 heterocycles. The topological polar surface area (TPSA) is 59.4 Å². The first-order valence-electron chi connectivity index (χ1n) is 6.21. The van der Waals surface area contributed by atoms with Gasteiger partial charge in [-0.25, -0.2) is 0 Å². The fourth-order valence-electron chi connectivity index (χ4n) is 1.96. The van der Waals surface area contributed by atoms with Gasteiger partial charge in [-0.1, -0.05) is 6.07 Å². The van der Waals surface area contributed by atoms with E-state index in [2.05, 4.69) is 20.2 Å². The molecule has 0 bridgehead atoms. The Morgan fingerprint density at radius 1 is 1.20 bits per heavy atom. The largest absolute Gasteiger partial charge is 0.296 e. The van der Waals surface area contributed by atoms with Gasteiger partial charge in [0, 0.05) is 29.8 Å². The van der Waals surface area contributed by atoms with Gasteiger partial charge in [-0.2, -0.15) is 5.10 Å². The van der Waals surface area contributed by atoms with Crippen LogP contribution in [0.2, 0.25) is 0 Å². The number of pyridine rings is 2. The number of hydrogen-bond acceptors (Lipinski definition) is 4. The number of H-pyrrole nitrogens is 1. The van der Waals surface area contributed by atoms with Crippen molar-refractivity contribution in [3.05, 3.63) is 58.9 Å². The zero-order valence-electron chi connectivity index (χ0n) is 10.9. The highest BCUT2D eigenvalue weighted by molar-refractivity contribution is 7.71. The van der Waals surface area contributed by atoms with Crippen molar-refractivity contribution in [2.24, 2.45) is 0 Å². The van der Waals surface area contributed by atoms with Crippen LogP contribution in [0.15, 0.2) is 42.9 Å². The zero-order valence-corrected chi connectivity index (χ0v) is 11.8. The molecular weight excluding hydrogens is 270 g/mol. The number of rotatable bonds is 3. The van der Waals surface area contributed by atoms with Crippen LogP contribution in [0.5, 0.6) is 0 Å². The van der Waals surface area contributed by atoms with Crippen LogP contribution in [0.4, 0.5) is 0 Å². The average molecular weight is 283 g/mol. The van der Waals surface area contributed by atoms with Gasteiger partial charge in [-0.15, -0.1) is 0 Å². The zero-order chi connectivity index (χ0) is 13.9. The van der Waals surface area contributed by atoms with Crippen molar-refractivity contribution in [1.29, 1.82) is 0 Å². The summed E-state index contributed by atoms with van der Waals surface area (Å²) in [5.41, 5.74) is 3.06. The number of aromatic nitrogens is 5. The standard InChI is InChI=1S/C14H13N5S/c1-10-2-3-11(8-16-10)9-19-13(17-18-14(19)20)12-4-6-15-7-5-12/h2-8H,9H2,1H3,(H,18,20). The van der Waals surface area contributed by atoms with Crippen molar-refractivity contribution in [2.45, 2.75) is 13.5 Å². The molecule has 5 nitrogen and oxygen atoms in total. The van der Waals surface area contributed by atoms with E-state index in [9.17, 15) is 0 Å². The normalized spacial score (nSPS) is 10.7. The molecule has 100 valence electrons. The van der Waals surface area contributed by atoms with Gasteiger partial charge in [0.05, 0.1) is 6.54 Å².